The Labute approximate surface area is 132 Å². The number of pyridine rings is 1. The molecule has 2 aromatic rings. The molecule has 4 rings (SSSR count). The number of carbonyl (C=O) groups excluding carboxylic acids is 1. The molecule has 2 fully saturated rings. The number of carboxylic acids is 1. The van der Waals surface area contributed by atoms with Crippen LogP contribution in [0.15, 0.2) is 10.6 Å². The van der Waals surface area contributed by atoms with Crippen LogP contribution in [-0.2, 0) is 4.79 Å². The average molecular weight is 315 g/mol. The second-order valence-electron chi connectivity index (χ2n) is 6.51. The Hall–Kier alpha value is -2.44. The van der Waals surface area contributed by atoms with E-state index in [1.165, 1.54) is 0 Å². The van der Waals surface area contributed by atoms with E-state index in [-0.39, 0.29) is 0 Å². The first kappa shape index (κ1) is 14.2. The van der Waals surface area contributed by atoms with Crippen LogP contribution in [0.3, 0.4) is 0 Å². The minimum Gasteiger partial charge on any atom is -0.480 e. The number of hydrogen-bond acceptors (Lipinski definition) is 5. The predicted octanol–water partition coefficient (Wildman–Crippen LogP) is 2.15. The molecule has 7 heteroatoms. The summed E-state index contributed by atoms with van der Waals surface area (Å²) < 4.78 is 5.22. The highest BCUT2D eigenvalue weighted by Gasteiger charge is 2.46. The number of carbonyl (C=O) groups is 2. The van der Waals surface area contributed by atoms with Gasteiger partial charge < -0.3 is 14.9 Å². The minimum atomic E-state index is -1.14. The zero-order chi connectivity index (χ0) is 16.2. The highest BCUT2D eigenvalue weighted by atomic mass is 16.5. The van der Waals surface area contributed by atoms with Crippen LogP contribution in [-0.4, -0.2) is 32.7 Å². The Kier molecular flexibility index (Phi) is 2.94. The van der Waals surface area contributed by atoms with Gasteiger partial charge in [0.2, 0.25) is 0 Å². The van der Waals surface area contributed by atoms with Gasteiger partial charge in [-0.3, -0.25) is 4.79 Å². The second kappa shape index (κ2) is 4.78. The number of aryl methyl sites for hydroxylation is 1. The highest BCUT2D eigenvalue weighted by Crippen LogP contribution is 2.40. The summed E-state index contributed by atoms with van der Waals surface area (Å²) >= 11 is 0. The van der Waals surface area contributed by atoms with Crippen LogP contribution < -0.4 is 5.32 Å². The Bertz CT molecular complexity index is 818. The highest BCUT2D eigenvalue weighted by molar-refractivity contribution is 6.07. The van der Waals surface area contributed by atoms with Gasteiger partial charge in [0.1, 0.15) is 5.54 Å². The Morgan fingerprint density at radius 1 is 1.39 bits per heavy atom. The zero-order valence-corrected chi connectivity index (χ0v) is 12.8. The molecule has 0 radical (unpaired) electrons. The van der Waals surface area contributed by atoms with Crippen molar-refractivity contribution >= 4 is 23.0 Å². The minimum absolute atomic E-state index is 0.343. The number of nitrogens with zero attached hydrogens (tertiary/aromatic N) is 2. The van der Waals surface area contributed by atoms with Gasteiger partial charge in [0, 0.05) is 11.6 Å². The summed E-state index contributed by atoms with van der Waals surface area (Å²) in [6.07, 6.45) is 3.82. The summed E-state index contributed by atoms with van der Waals surface area (Å²) in [6.45, 7) is 1.75. The van der Waals surface area contributed by atoms with E-state index >= 15 is 0 Å². The number of nitrogens with one attached hydrogen (secondary N) is 1. The molecule has 0 unspecified atom stereocenters. The molecule has 2 aliphatic rings. The molecule has 0 aromatic carbocycles. The summed E-state index contributed by atoms with van der Waals surface area (Å²) in [6, 6.07) is 1.76. The van der Waals surface area contributed by atoms with E-state index in [2.05, 4.69) is 15.5 Å². The van der Waals surface area contributed by atoms with Crippen molar-refractivity contribution in [3.63, 3.8) is 0 Å². The van der Waals surface area contributed by atoms with Gasteiger partial charge in [-0.05, 0) is 45.1 Å². The van der Waals surface area contributed by atoms with E-state index in [9.17, 15) is 14.7 Å². The van der Waals surface area contributed by atoms with Gasteiger partial charge in [-0.25, -0.2) is 9.78 Å². The summed E-state index contributed by atoms with van der Waals surface area (Å²) in [5, 5.41) is 16.6. The first-order valence-electron chi connectivity index (χ1n) is 7.83. The van der Waals surface area contributed by atoms with Gasteiger partial charge in [0.25, 0.3) is 11.6 Å². The fourth-order valence-corrected chi connectivity index (χ4v) is 3.09. The van der Waals surface area contributed by atoms with Gasteiger partial charge in [-0.15, -0.1) is 0 Å². The summed E-state index contributed by atoms with van der Waals surface area (Å²) in [5.74, 6) is -1.02. The van der Waals surface area contributed by atoms with Crippen LogP contribution in [0.5, 0.6) is 0 Å². The molecule has 120 valence electrons. The largest absolute Gasteiger partial charge is 0.480 e. The number of hydrogen-bond donors (Lipinski definition) is 2. The fraction of sp³-hybridized carbons (Fsp3) is 0.500. The molecule has 0 atom stereocenters. The summed E-state index contributed by atoms with van der Waals surface area (Å²) in [5.41, 5.74) is 1.00. The number of fused-ring (bicyclic) bond motifs is 1. The lowest BCUT2D eigenvalue weighted by Gasteiger charge is -2.38. The van der Waals surface area contributed by atoms with E-state index in [4.69, 9.17) is 4.52 Å². The van der Waals surface area contributed by atoms with Gasteiger partial charge in [0.15, 0.2) is 0 Å². The van der Waals surface area contributed by atoms with Gasteiger partial charge in [-0.2, -0.15) is 0 Å². The van der Waals surface area contributed by atoms with E-state index in [1.807, 2.05) is 0 Å². The van der Waals surface area contributed by atoms with E-state index in [0.717, 1.165) is 25.0 Å². The summed E-state index contributed by atoms with van der Waals surface area (Å²) in [7, 11) is 0. The van der Waals surface area contributed by atoms with Crippen molar-refractivity contribution in [3.8, 4) is 0 Å². The molecule has 0 bridgehead atoms. The lowest BCUT2D eigenvalue weighted by Crippen LogP contribution is -2.59. The van der Waals surface area contributed by atoms with Crippen molar-refractivity contribution in [3.05, 3.63) is 23.0 Å². The Morgan fingerprint density at radius 2 is 2.13 bits per heavy atom. The standard InChI is InChI=1S/C16H17N3O4/c1-8-12-10(13(20)18-16(15(21)22)5-2-6-16)7-11(9-3-4-9)17-14(12)23-19-8/h7,9H,2-6H2,1H3,(H,18,20)(H,21,22). The second-order valence-corrected chi connectivity index (χ2v) is 6.51. The Morgan fingerprint density at radius 3 is 2.70 bits per heavy atom. The van der Waals surface area contributed by atoms with E-state index < -0.39 is 17.4 Å². The molecule has 2 N–H and O–H groups in total. The molecule has 0 spiro atoms. The third-order valence-electron chi connectivity index (χ3n) is 4.85. The summed E-state index contributed by atoms with van der Waals surface area (Å²) in [4.78, 5) is 28.7. The zero-order valence-electron chi connectivity index (χ0n) is 12.8. The van der Waals surface area contributed by atoms with Crippen LogP contribution >= 0.6 is 0 Å². The van der Waals surface area contributed by atoms with Crippen LogP contribution in [0.1, 0.15) is 59.8 Å². The third kappa shape index (κ3) is 2.18. The number of aliphatic carboxylic acids is 1. The van der Waals surface area contributed by atoms with Gasteiger partial charge >= 0.3 is 5.97 Å². The molecule has 2 aromatic heterocycles. The predicted molar refractivity (Wildman–Crippen MR) is 80.2 cm³/mol. The molecule has 2 saturated carbocycles. The van der Waals surface area contributed by atoms with Gasteiger partial charge in [0.05, 0.1) is 16.6 Å². The van der Waals surface area contributed by atoms with Crippen molar-refractivity contribution in [2.24, 2.45) is 0 Å². The molecule has 23 heavy (non-hydrogen) atoms. The van der Waals surface area contributed by atoms with E-state index in [1.54, 1.807) is 13.0 Å². The third-order valence-corrected chi connectivity index (χ3v) is 4.85. The molecule has 0 aliphatic heterocycles. The quantitative estimate of drug-likeness (QED) is 0.895. The lowest BCUT2D eigenvalue weighted by molar-refractivity contribution is -0.148. The molecule has 1 amide bonds. The van der Waals surface area contributed by atoms with Crippen LogP contribution in [0, 0.1) is 6.92 Å². The van der Waals surface area contributed by atoms with Crippen molar-refractivity contribution in [2.45, 2.75) is 50.5 Å². The Balaban J connectivity index is 1.76. The van der Waals surface area contributed by atoms with Gasteiger partial charge in [-0.1, -0.05) is 5.16 Å². The number of carboxylic acid groups (broad SMARTS) is 1. The number of aromatic nitrogens is 2. The molecular weight excluding hydrogens is 298 g/mol. The monoisotopic (exact) mass is 315 g/mol. The average Bonchev–Trinajstić information content (AvgIpc) is 3.26. The lowest BCUT2D eigenvalue weighted by atomic mass is 9.76. The maximum absolute atomic E-state index is 12.7. The van der Waals surface area contributed by atoms with Crippen molar-refractivity contribution < 1.29 is 19.2 Å². The number of amides is 1. The van der Waals surface area contributed by atoms with Crippen LogP contribution in [0.2, 0.25) is 0 Å². The SMILES string of the molecule is Cc1noc2nc(C3CC3)cc(C(=O)NC3(C(=O)O)CCC3)c12. The fourth-order valence-electron chi connectivity index (χ4n) is 3.09. The smallest absolute Gasteiger partial charge is 0.329 e. The number of rotatable bonds is 4. The molecule has 7 nitrogen and oxygen atoms in total. The van der Waals surface area contributed by atoms with Crippen molar-refractivity contribution in [1.82, 2.24) is 15.5 Å². The molecule has 0 saturated heterocycles. The van der Waals surface area contributed by atoms with Crippen LogP contribution in [0.25, 0.3) is 11.1 Å². The first-order valence-corrected chi connectivity index (χ1v) is 7.83. The normalized spacial score (nSPS) is 19.3. The molecular formula is C16H17N3O4. The topological polar surface area (TPSA) is 105 Å². The molecule has 2 aliphatic carbocycles. The van der Waals surface area contributed by atoms with Crippen molar-refractivity contribution in [1.29, 1.82) is 0 Å². The maximum Gasteiger partial charge on any atom is 0.329 e. The van der Waals surface area contributed by atoms with Crippen molar-refractivity contribution in [2.75, 3.05) is 0 Å². The first-order chi connectivity index (χ1) is 11.0. The maximum atomic E-state index is 12.7. The molecule has 2 heterocycles. The van der Waals surface area contributed by atoms with E-state index in [0.29, 0.717) is 41.1 Å². The van der Waals surface area contributed by atoms with Crippen LogP contribution in [0.4, 0.5) is 0 Å².